The summed E-state index contributed by atoms with van der Waals surface area (Å²) in [5.41, 5.74) is 2.77. The molecule has 10 heteroatoms. The highest BCUT2D eigenvalue weighted by molar-refractivity contribution is 6.33. The average molecular weight is 504 g/mol. The van der Waals surface area contributed by atoms with Gasteiger partial charge < -0.3 is 30.2 Å². The maximum atomic E-state index is 13.0. The van der Waals surface area contributed by atoms with Crippen molar-refractivity contribution in [3.8, 4) is 11.5 Å². The monoisotopic (exact) mass is 503 g/mol. The minimum atomic E-state index is -1.02. The van der Waals surface area contributed by atoms with Gasteiger partial charge in [-0.1, -0.05) is 11.6 Å². The van der Waals surface area contributed by atoms with Crippen LogP contribution in [0.4, 0.5) is 4.79 Å². The first-order valence-electron chi connectivity index (χ1n) is 11.7. The molecule has 188 valence electrons. The number of nitrogens with one attached hydrogen (secondary N) is 3. The number of aromatic amines is 1. The summed E-state index contributed by atoms with van der Waals surface area (Å²) in [6, 6.07) is 3.33. The molecule has 1 aromatic carbocycles. The normalized spacial score (nSPS) is 23.1. The Morgan fingerprint density at radius 3 is 2.43 bits per heavy atom. The molecule has 1 aliphatic heterocycles. The van der Waals surface area contributed by atoms with E-state index in [-0.39, 0.29) is 35.0 Å². The number of ether oxygens (including phenoxy) is 2. The number of aryl methyl sites for hydroxylation is 2. The van der Waals surface area contributed by atoms with Gasteiger partial charge in [-0.05, 0) is 64.2 Å². The zero-order chi connectivity index (χ0) is 25.5. The molecule has 1 fully saturated rings. The summed E-state index contributed by atoms with van der Waals surface area (Å²) >= 11 is 6.51. The Bertz CT molecular complexity index is 1230. The van der Waals surface area contributed by atoms with Crippen LogP contribution in [0.1, 0.15) is 65.3 Å². The lowest BCUT2D eigenvalue weighted by molar-refractivity contribution is -0.121. The van der Waals surface area contributed by atoms with Gasteiger partial charge in [0.25, 0.3) is 17.3 Å². The molecule has 1 saturated carbocycles. The zero-order valence-corrected chi connectivity index (χ0v) is 21.0. The topological polar surface area (TPSA) is 130 Å². The van der Waals surface area contributed by atoms with Gasteiger partial charge in [-0.25, -0.2) is 4.79 Å². The fourth-order valence-electron chi connectivity index (χ4n) is 5.05. The lowest BCUT2D eigenvalue weighted by Crippen LogP contribution is -2.47. The Morgan fingerprint density at radius 2 is 1.80 bits per heavy atom. The van der Waals surface area contributed by atoms with E-state index in [1.807, 2.05) is 19.9 Å². The number of hydrogen-bond acceptors (Lipinski definition) is 5. The molecule has 2 amide bonds. The van der Waals surface area contributed by atoms with Crippen LogP contribution < -0.4 is 25.7 Å². The number of carboxylic acid groups (broad SMARTS) is 1. The maximum absolute atomic E-state index is 13.0. The first-order valence-corrected chi connectivity index (χ1v) is 12.0. The predicted octanol–water partition coefficient (Wildman–Crippen LogP) is 4.20. The van der Waals surface area contributed by atoms with Gasteiger partial charge in [0.1, 0.15) is 0 Å². The second kappa shape index (κ2) is 9.45. The molecule has 4 N–H and O–H groups in total. The highest BCUT2D eigenvalue weighted by Crippen LogP contribution is 2.51. The van der Waals surface area contributed by atoms with Crippen molar-refractivity contribution >= 4 is 23.6 Å². The lowest BCUT2D eigenvalue weighted by atomic mass is 9.81. The number of H-pyrrole nitrogens is 1. The molecular weight excluding hydrogens is 474 g/mol. The van der Waals surface area contributed by atoms with E-state index in [1.165, 1.54) is 0 Å². The van der Waals surface area contributed by atoms with Crippen LogP contribution in [0.15, 0.2) is 16.9 Å². The second-order valence-corrected chi connectivity index (χ2v) is 9.94. The van der Waals surface area contributed by atoms with E-state index in [9.17, 15) is 14.4 Å². The van der Waals surface area contributed by atoms with Crippen molar-refractivity contribution in [2.75, 3.05) is 0 Å². The molecule has 2 aliphatic rings. The molecule has 1 aromatic heterocycles. The Morgan fingerprint density at radius 1 is 1.14 bits per heavy atom. The highest BCUT2D eigenvalue weighted by atomic mass is 35.5. The molecule has 9 nitrogen and oxygen atoms in total. The van der Waals surface area contributed by atoms with E-state index in [0.29, 0.717) is 41.0 Å². The molecule has 0 bridgehead atoms. The minimum absolute atomic E-state index is 0.0331. The number of amides is 2. The van der Waals surface area contributed by atoms with Crippen molar-refractivity contribution in [1.82, 2.24) is 15.6 Å². The van der Waals surface area contributed by atoms with Gasteiger partial charge in [0, 0.05) is 47.8 Å². The zero-order valence-electron chi connectivity index (χ0n) is 20.2. The first-order chi connectivity index (χ1) is 16.5. The molecule has 0 spiro atoms. The van der Waals surface area contributed by atoms with Crippen LogP contribution in [0.3, 0.4) is 0 Å². The maximum Gasteiger partial charge on any atom is 0.404 e. The molecule has 0 saturated heterocycles. The summed E-state index contributed by atoms with van der Waals surface area (Å²) in [6.07, 6.45) is 1.81. The standard InChI is InChI=1S/C25H30ClN3O6/c1-12-9-13(2)28-23(31)18(12)11-27-22(30)17-10-19(26)21-20(14(17)3)34-25(4,35-21)15-5-7-16(8-6-15)29-24(32)33/h9-10,15-16,29H,5-8,11H2,1-4H3,(H,27,30)(H,28,31)(H,32,33)/t15-,16-,25-/m1/s1. The largest absolute Gasteiger partial charge is 0.465 e. The third-order valence-corrected chi connectivity index (χ3v) is 7.29. The number of halogens is 1. The van der Waals surface area contributed by atoms with Gasteiger partial charge in [-0.15, -0.1) is 0 Å². The van der Waals surface area contributed by atoms with Gasteiger partial charge in [0.15, 0.2) is 11.5 Å². The van der Waals surface area contributed by atoms with Crippen LogP contribution in [-0.2, 0) is 6.54 Å². The molecule has 2 aromatic rings. The van der Waals surface area contributed by atoms with Crippen LogP contribution in [0, 0.1) is 26.7 Å². The number of benzene rings is 1. The van der Waals surface area contributed by atoms with Gasteiger partial charge in [0.2, 0.25) is 0 Å². The number of fused-ring (bicyclic) bond motifs is 1. The van der Waals surface area contributed by atoms with Gasteiger partial charge >= 0.3 is 6.09 Å². The number of carbonyl (C=O) groups is 2. The summed E-state index contributed by atoms with van der Waals surface area (Å²) in [7, 11) is 0. The summed E-state index contributed by atoms with van der Waals surface area (Å²) in [6.45, 7) is 7.35. The fourth-order valence-corrected chi connectivity index (χ4v) is 5.28. The Balaban J connectivity index is 1.49. The molecule has 1 aliphatic carbocycles. The molecule has 35 heavy (non-hydrogen) atoms. The van der Waals surface area contributed by atoms with E-state index >= 15 is 0 Å². The average Bonchev–Trinajstić information content (AvgIpc) is 3.15. The summed E-state index contributed by atoms with van der Waals surface area (Å²) in [4.78, 5) is 39.0. The van der Waals surface area contributed by atoms with E-state index in [4.69, 9.17) is 26.2 Å². The van der Waals surface area contributed by atoms with Crippen LogP contribution in [0.25, 0.3) is 0 Å². The molecular formula is C25H30ClN3O6. The van der Waals surface area contributed by atoms with Crippen molar-refractivity contribution in [3.05, 3.63) is 55.5 Å². The van der Waals surface area contributed by atoms with Crippen LogP contribution in [0.5, 0.6) is 11.5 Å². The SMILES string of the molecule is Cc1cc(C)c(CNC(=O)c2cc(Cl)c3c(c2C)O[C@@](C)([C@H]2CC[C@H](NC(=O)O)CC2)O3)c(=O)[nH]1. The van der Waals surface area contributed by atoms with Gasteiger partial charge in [-0.2, -0.15) is 0 Å². The van der Waals surface area contributed by atoms with Crippen LogP contribution >= 0.6 is 11.6 Å². The quantitative estimate of drug-likeness (QED) is 0.484. The smallest absolute Gasteiger partial charge is 0.404 e. The van der Waals surface area contributed by atoms with Crippen LogP contribution in [0.2, 0.25) is 5.02 Å². The Kier molecular flexibility index (Phi) is 6.73. The Hall–Kier alpha value is -3.20. The molecule has 2 heterocycles. The number of hydrogen-bond donors (Lipinski definition) is 4. The van der Waals surface area contributed by atoms with Crippen molar-refractivity contribution in [1.29, 1.82) is 0 Å². The van der Waals surface area contributed by atoms with Crippen molar-refractivity contribution < 1.29 is 24.2 Å². The predicted molar refractivity (Wildman–Crippen MR) is 130 cm³/mol. The van der Waals surface area contributed by atoms with Crippen molar-refractivity contribution in [3.63, 3.8) is 0 Å². The molecule has 0 radical (unpaired) electrons. The first kappa shape index (κ1) is 24.9. The summed E-state index contributed by atoms with van der Waals surface area (Å²) < 4.78 is 12.5. The van der Waals surface area contributed by atoms with Crippen molar-refractivity contribution in [2.24, 2.45) is 5.92 Å². The van der Waals surface area contributed by atoms with E-state index in [0.717, 1.165) is 24.1 Å². The minimum Gasteiger partial charge on any atom is -0.465 e. The number of aromatic nitrogens is 1. The summed E-state index contributed by atoms with van der Waals surface area (Å²) in [5, 5.41) is 14.6. The molecule has 0 unspecified atom stereocenters. The third-order valence-electron chi connectivity index (χ3n) is 7.01. The fraction of sp³-hybridized carbons (Fsp3) is 0.480. The highest BCUT2D eigenvalue weighted by Gasteiger charge is 2.47. The second-order valence-electron chi connectivity index (χ2n) is 9.53. The number of rotatable bonds is 5. The lowest BCUT2D eigenvalue weighted by Gasteiger charge is -2.37. The molecule has 4 rings (SSSR count). The van der Waals surface area contributed by atoms with E-state index in [1.54, 1.807) is 19.9 Å². The Labute approximate surface area is 208 Å². The van der Waals surface area contributed by atoms with Gasteiger partial charge in [0.05, 0.1) is 5.02 Å². The summed E-state index contributed by atoms with van der Waals surface area (Å²) in [5.74, 6) is -0.471. The third kappa shape index (κ3) is 4.96. The van der Waals surface area contributed by atoms with Gasteiger partial charge in [-0.3, -0.25) is 9.59 Å². The van der Waals surface area contributed by atoms with Crippen LogP contribution in [-0.4, -0.2) is 33.9 Å². The van der Waals surface area contributed by atoms with E-state index < -0.39 is 11.9 Å². The molecule has 1 atom stereocenters. The van der Waals surface area contributed by atoms with E-state index in [2.05, 4.69) is 15.6 Å². The number of pyridine rings is 1. The van der Waals surface area contributed by atoms with Crippen molar-refractivity contribution in [2.45, 2.75) is 71.8 Å². The number of carbonyl (C=O) groups excluding carboxylic acids is 1.